The Bertz CT molecular complexity index is 516. The van der Waals surface area contributed by atoms with Crippen LogP contribution in [0.1, 0.15) is 45.0 Å². The minimum absolute atomic E-state index is 0.256. The predicted molar refractivity (Wildman–Crippen MR) is 92.2 cm³/mol. The first kappa shape index (κ1) is 17.4. The number of carbonyl (C=O) groups excluding carboxylic acids is 1. The average molecular weight is 324 g/mol. The summed E-state index contributed by atoms with van der Waals surface area (Å²) in [4.78, 5) is 19.0. The largest absolute Gasteiger partial charge is 0.342 e. The van der Waals surface area contributed by atoms with Crippen LogP contribution in [0, 0.1) is 25.7 Å². The highest BCUT2D eigenvalue weighted by atomic mass is 32.2. The Labute approximate surface area is 138 Å². The van der Waals surface area contributed by atoms with Crippen molar-refractivity contribution in [3.63, 3.8) is 0 Å². The van der Waals surface area contributed by atoms with E-state index in [0.717, 1.165) is 49.2 Å². The van der Waals surface area contributed by atoms with E-state index in [-0.39, 0.29) is 5.91 Å². The standard InChI is InChI=1S/C17H29N3OS/c1-12(2)10-20-15(5)14(4)18-17(20)22-11-16(21)19-8-6-13(3)7-9-19/h12-13H,6-11H2,1-5H3. The van der Waals surface area contributed by atoms with Crippen LogP contribution in [0.5, 0.6) is 0 Å². The number of carbonyl (C=O) groups is 1. The van der Waals surface area contributed by atoms with E-state index >= 15 is 0 Å². The lowest BCUT2D eigenvalue weighted by Gasteiger charge is -2.30. The Morgan fingerprint density at radius 3 is 2.55 bits per heavy atom. The second-order valence-electron chi connectivity index (χ2n) is 6.92. The summed E-state index contributed by atoms with van der Waals surface area (Å²) in [5.74, 6) is 2.09. The molecule has 0 unspecified atom stereocenters. The maximum Gasteiger partial charge on any atom is 0.233 e. The molecule has 0 saturated carbocycles. The molecule has 22 heavy (non-hydrogen) atoms. The molecular formula is C17H29N3OS. The van der Waals surface area contributed by atoms with E-state index < -0.39 is 0 Å². The number of imidazole rings is 1. The van der Waals surface area contributed by atoms with Crippen LogP contribution in [-0.2, 0) is 11.3 Å². The van der Waals surface area contributed by atoms with Crippen LogP contribution in [0.2, 0.25) is 0 Å². The molecule has 1 aromatic rings. The molecule has 4 nitrogen and oxygen atoms in total. The van der Waals surface area contributed by atoms with E-state index in [2.05, 4.69) is 37.2 Å². The zero-order chi connectivity index (χ0) is 16.3. The van der Waals surface area contributed by atoms with E-state index in [4.69, 9.17) is 0 Å². The molecule has 0 atom stereocenters. The summed E-state index contributed by atoms with van der Waals surface area (Å²) >= 11 is 1.59. The van der Waals surface area contributed by atoms with E-state index in [1.165, 1.54) is 5.69 Å². The molecule has 1 aliphatic rings. The van der Waals surface area contributed by atoms with Crippen LogP contribution in [0.25, 0.3) is 0 Å². The number of thioether (sulfide) groups is 1. The third-order valence-electron chi connectivity index (χ3n) is 4.43. The molecule has 2 rings (SSSR count). The summed E-state index contributed by atoms with van der Waals surface area (Å²) in [6.45, 7) is 13.6. The SMILES string of the molecule is Cc1nc(SCC(=O)N2CCC(C)CC2)n(CC(C)C)c1C. The number of rotatable bonds is 5. The highest BCUT2D eigenvalue weighted by Gasteiger charge is 2.21. The summed E-state index contributed by atoms with van der Waals surface area (Å²) in [5.41, 5.74) is 2.29. The minimum Gasteiger partial charge on any atom is -0.342 e. The van der Waals surface area contributed by atoms with Crippen LogP contribution in [0.3, 0.4) is 0 Å². The van der Waals surface area contributed by atoms with Gasteiger partial charge >= 0.3 is 0 Å². The number of hydrogen-bond acceptors (Lipinski definition) is 3. The van der Waals surface area contributed by atoms with Crippen molar-refractivity contribution in [3.05, 3.63) is 11.4 Å². The fourth-order valence-corrected chi connectivity index (χ4v) is 3.79. The molecule has 5 heteroatoms. The van der Waals surface area contributed by atoms with Crippen molar-refractivity contribution < 1.29 is 4.79 Å². The van der Waals surface area contributed by atoms with Gasteiger partial charge in [0.15, 0.2) is 5.16 Å². The van der Waals surface area contributed by atoms with Gasteiger partial charge in [-0.3, -0.25) is 4.79 Å². The van der Waals surface area contributed by atoms with E-state index in [0.29, 0.717) is 11.7 Å². The molecule has 0 spiro atoms. The molecule has 0 aliphatic carbocycles. The number of piperidine rings is 1. The van der Waals surface area contributed by atoms with Crippen molar-refractivity contribution in [3.8, 4) is 0 Å². The van der Waals surface area contributed by atoms with Crippen LogP contribution in [0.4, 0.5) is 0 Å². The number of hydrogen-bond donors (Lipinski definition) is 0. The fraction of sp³-hybridized carbons (Fsp3) is 0.765. The summed E-state index contributed by atoms with van der Waals surface area (Å²) in [7, 11) is 0. The Balaban J connectivity index is 1.96. The van der Waals surface area contributed by atoms with Crippen molar-refractivity contribution in [2.45, 2.75) is 59.2 Å². The highest BCUT2D eigenvalue weighted by molar-refractivity contribution is 7.99. The molecule has 0 aromatic carbocycles. The maximum absolute atomic E-state index is 12.4. The van der Waals surface area contributed by atoms with Gasteiger partial charge in [-0.05, 0) is 38.5 Å². The Hall–Kier alpha value is -0.970. The molecule has 1 amide bonds. The van der Waals surface area contributed by atoms with Gasteiger partial charge in [0.05, 0.1) is 11.4 Å². The van der Waals surface area contributed by atoms with Gasteiger partial charge in [0, 0.05) is 25.3 Å². The zero-order valence-electron chi connectivity index (χ0n) is 14.6. The lowest BCUT2D eigenvalue weighted by molar-refractivity contribution is -0.129. The lowest BCUT2D eigenvalue weighted by Crippen LogP contribution is -2.38. The number of aryl methyl sites for hydroxylation is 1. The highest BCUT2D eigenvalue weighted by Crippen LogP contribution is 2.24. The number of likely N-dealkylation sites (tertiary alicyclic amines) is 1. The normalized spacial score (nSPS) is 16.5. The second kappa shape index (κ2) is 7.53. The van der Waals surface area contributed by atoms with Gasteiger partial charge in [0.25, 0.3) is 0 Å². The first-order chi connectivity index (χ1) is 10.4. The quantitative estimate of drug-likeness (QED) is 0.778. The number of amides is 1. The molecule has 1 aliphatic heterocycles. The van der Waals surface area contributed by atoms with Gasteiger partial charge in [-0.25, -0.2) is 4.98 Å². The van der Waals surface area contributed by atoms with Gasteiger partial charge in [-0.1, -0.05) is 32.5 Å². The zero-order valence-corrected chi connectivity index (χ0v) is 15.4. The smallest absolute Gasteiger partial charge is 0.233 e. The lowest BCUT2D eigenvalue weighted by atomic mass is 9.99. The van der Waals surface area contributed by atoms with Crippen LogP contribution >= 0.6 is 11.8 Å². The van der Waals surface area contributed by atoms with E-state index in [1.54, 1.807) is 11.8 Å². The third kappa shape index (κ3) is 4.28. The Morgan fingerprint density at radius 1 is 1.32 bits per heavy atom. The molecular weight excluding hydrogens is 294 g/mol. The molecule has 2 heterocycles. The van der Waals surface area contributed by atoms with Crippen LogP contribution < -0.4 is 0 Å². The van der Waals surface area contributed by atoms with Gasteiger partial charge in [-0.15, -0.1) is 0 Å². The van der Waals surface area contributed by atoms with Gasteiger partial charge in [-0.2, -0.15) is 0 Å². The van der Waals surface area contributed by atoms with Crippen molar-refractivity contribution in [2.75, 3.05) is 18.8 Å². The summed E-state index contributed by atoms with van der Waals surface area (Å²) in [6.07, 6.45) is 2.27. The van der Waals surface area contributed by atoms with Gasteiger partial charge < -0.3 is 9.47 Å². The fourth-order valence-electron chi connectivity index (χ4n) is 2.79. The monoisotopic (exact) mass is 323 g/mol. The molecule has 1 aromatic heterocycles. The van der Waals surface area contributed by atoms with Crippen molar-refractivity contribution >= 4 is 17.7 Å². The summed E-state index contributed by atoms with van der Waals surface area (Å²) in [5, 5.41) is 0.988. The average Bonchev–Trinajstić information content (AvgIpc) is 2.73. The predicted octanol–water partition coefficient (Wildman–Crippen LogP) is 3.51. The molecule has 0 bridgehead atoms. The van der Waals surface area contributed by atoms with Gasteiger partial charge in [0.1, 0.15) is 0 Å². The summed E-state index contributed by atoms with van der Waals surface area (Å²) in [6, 6.07) is 0. The molecule has 124 valence electrons. The summed E-state index contributed by atoms with van der Waals surface area (Å²) < 4.78 is 2.26. The van der Waals surface area contributed by atoms with Crippen LogP contribution in [-0.4, -0.2) is 39.2 Å². The number of aromatic nitrogens is 2. The van der Waals surface area contributed by atoms with E-state index in [9.17, 15) is 4.79 Å². The Morgan fingerprint density at radius 2 is 1.95 bits per heavy atom. The number of nitrogens with zero attached hydrogens (tertiary/aromatic N) is 3. The molecule has 0 radical (unpaired) electrons. The first-order valence-electron chi connectivity index (χ1n) is 8.32. The topological polar surface area (TPSA) is 38.1 Å². The van der Waals surface area contributed by atoms with Gasteiger partial charge in [0.2, 0.25) is 5.91 Å². The van der Waals surface area contributed by atoms with Crippen LogP contribution in [0.15, 0.2) is 5.16 Å². The minimum atomic E-state index is 0.256. The molecule has 1 saturated heterocycles. The second-order valence-corrected chi connectivity index (χ2v) is 7.86. The third-order valence-corrected chi connectivity index (χ3v) is 5.39. The van der Waals surface area contributed by atoms with Crippen molar-refractivity contribution in [1.82, 2.24) is 14.5 Å². The maximum atomic E-state index is 12.4. The molecule has 1 fully saturated rings. The van der Waals surface area contributed by atoms with Crippen molar-refractivity contribution in [1.29, 1.82) is 0 Å². The first-order valence-corrected chi connectivity index (χ1v) is 9.31. The van der Waals surface area contributed by atoms with Crippen molar-refractivity contribution in [2.24, 2.45) is 11.8 Å². The van der Waals surface area contributed by atoms with E-state index in [1.807, 2.05) is 11.8 Å². The Kier molecular flexibility index (Phi) is 5.95. The molecule has 0 N–H and O–H groups in total.